The van der Waals surface area contributed by atoms with E-state index in [9.17, 15) is 14.3 Å². The average molecular weight is 342 g/mol. The number of aliphatic hydroxyl groups is 1. The summed E-state index contributed by atoms with van der Waals surface area (Å²) < 4.78 is 13.0. The number of amides is 1. The van der Waals surface area contributed by atoms with E-state index in [1.54, 1.807) is 0 Å². The van der Waals surface area contributed by atoms with Crippen LogP contribution in [0.1, 0.15) is 22.3 Å². The first-order valence-corrected chi connectivity index (χ1v) is 8.59. The van der Waals surface area contributed by atoms with Crippen LogP contribution in [0, 0.1) is 11.7 Å². The summed E-state index contributed by atoms with van der Waals surface area (Å²) in [6, 6.07) is 15.6. The molecule has 0 aromatic heterocycles. The van der Waals surface area contributed by atoms with Crippen LogP contribution < -0.4 is 5.32 Å². The first kappa shape index (κ1) is 17.6. The van der Waals surface area contributed by atoms with E-state index < -0.39 is 0 Å². The molecular formula is C20H23FN2O2. The van der Waals surface area contributed by atoms with E-state index in [1.807, 2.05) is 18.2 Å². The van der Waals surface area contributed by atoms with Crippen LogP contribution >= 0.6 is 0 Å². The van der Waals surface area contributed by atoms with E-state index in [0.717, 1.165) is 19.5 Å². The zero-order chi connectivity index (χ0) is 17.6. The zero-order valence-electron chi connectivity index (χ0n) is 14.1. The second-order valence-corrected chi connectivity index (χ2v) is 6.54. The number of nitrogens with zero attached hydrogens (tertiary/aromatic N) is 1. The molecule has 1 aliphatic heterocycles. The molecule has 5 heteroatoms. The minimum Gasteiger partial charge on any atom is -0.396 e. The lowest BCUT2D eigenvalue weighted by Crippen LogP contribution is -2.53. The smallest absolute Gasteiger partial charge is 0.251 e. The number of benzene rings is 2. The molecule has 1 fully saturated rings. The summed E-state index contributed by atoms with van der Waals surface area (Å²) in [6.07, 6.45) is 0.831. The molecule has 2 aromatic carbocycles. The highest BCUT2D eigenvalue weighted by molar-refractivity contribution is 5.94. The first-order chi connectivity index (χ1) is 12.2. The molecule has 4 nitrogen and oxygen atoms in total. The van der Waals surface area contributed by atoms with Crippen LogP contribution in [0.4, 0.5) is 4.39 Å². The Balaban J connectivity index is 1.64. The van der Waals surface area contributed by atoms with Gasteiger partial charge in [-0.25, -0.2) is 4.39 Å². The molecule has 0 saturated carbocycles. The van der Waals surface area contributed by atoms with Crippen molar-refractivity contribution >= 4 is 5.91 Å². The van der Waals surface area contributed by atoms with Crippen molar-refractivity contribution in [2.45, 2.75) is 19.0 Å². The van der Waals surface area contributed by atoms with E-state index in [4.69, 9.17) is 0 Å². The van der Waals surface area contributed by atoms with Crippen LogP contribution in [0.5, 0.6) is 0 Å². The van der Waals surface area contributed by atoms with Gasteiger partial charge in [-0.05, 0) is 42.8 Å². The van der Waals surface area contributed by atoms with Gasteiger partial charge in [0.2, 0.25) is 0 Å². The molecule has 3 rings (SSSR count). The number of hydrogen-bond donors (Lipinski definition) is 2. The second-order valence-electron chi connectivity index (χ2n) is 6.54. The molecule has 132 valence electrons. The van der Waals surface area contributed by atoms with Gasteiger partial charge in [-0.2, -0.15) is 0 Å². The highest BCUT2D eigenvalue weighted by Crippen LogP contribution is 2.20. The number of hydrogen-bond acceptors (Lipinski definition) is 3. The van der Waals surface area contributed by atoms with Crippen LogP contribution in [-0.2, 0) is 6.54 Å². The number of rotatable bonds is 5. The van der Waals surface area contributed by atoms with Crippen LogP contribution in [0.2, 0.25) is 0 Å². The topological polar surface area (TPSA) is 52.6 Å². The van der Waals surface area contributed by atoms with E-state index >= 15 is 0 Å². The van der Waals surface area contributed by atoms with Crippen molar-refractivity contribution in [1.82, 2.24) is 10.2 Å². The van der Waals surface area contributed by atoms with Gasteiger partial charge in [-0.3, -0.25) is 9.69 Å². The fourth-order valence-corrected chi connectivity index (χ4v) is 3.29. The fourth-order valence-electron chi connectivity index (χ4n) is 3.29. The van der Waals surface area contributed by atoms with Gasteiger partial charge >= 0.3 is 0 Å². The second kappa shape index (κ2) is 8.23. The number of nitrogens with one attached hydrogen (secondary N) is 1. The monoisotopic (exact) mass is 342 g/mol. The van der Waals surface area contributed by atoms with Crippen molar-refractivity contribution in [2.24, 2.45) is 5.92 Å². The molecular weight excluding hydrogens is 319 g/mol. The van der Waals surface area contributed by atoms with Gasteiger partial charge in [-0.15, -0.1) is 0 Å². The average Bonchev–Trinajstić information content (AvgIpc) is 2.63. The van der Waals surface area contributed by atoms with E-state index in [0.29, 0.717) is 12.1 Å². The number of carbonyl (C=O) groups excluding carboxylic acids is 1. The summed E-state index contributed by atoms with van der Waals surface area (Å²) in [7, 11) is 0. The third-order valence-corrected chi connectivity index (χ3v) is 4.75. The molecule has 2 atom stereocenters. The molecule has 2 aromatic rings. The predicted octanol–water partition coefficient (Wildman–Crippen LogP) is 2.44. The third kappa shape index (κ3) is 4.65. The van der Waals surface area contributed by atoms with E-state index in [2.05, 4.69) is 22.3 Å². The maximum atomic E-state index is 13.0. The molecule has 1 amide bonds. The van der Waals surface area contributed by atoms with Crippen molar-refractivity contribution in [2.75, 3.05) is 19.7 Å². The molecule has 2 unspecified atom stereocenters. The molecule has 0 spiro atoms. The summed E-state index contributed by atoms with van der Waals surface area (Å²) in [4.78, 5) is 14.7. The molecule has 0 bridgehead atoms. The lowest BCUT2D eigenvalue weighted by atomic mass is 9.91. The molecule has 0 radical (unpaired) electrons. The predicted molar refractivity (Wildman–Crippen MR) is 94.6 cm³/mol. The molecule has 0 aliphatic carbocycles. The van der Waals surface area contributed by atoms with Gasteiger partial charge in [0.15, 0.2) is 0 Å². The third-order valence-electron chi connectivity index (χ3n) is 4.75. The number of carbonyl (C=O) groups is 1. The molecule has 2 N–H and O–H groups in total. The number of aliphatic hydroxyl groups excluding tert-OH is 1. The van der Waals surface area contributed by atoms with E-state index in [-0.39, 0.29) is 30.3 Å². The lowest BCUT2D eigenvalue weighted by Gasteiger charge is -2.38. The molecule has 1 aliphatic rings. The summed E-state index contributed by atoms with van der Waals surface area (Å²) in [5.74, 6) is -0.557. The summed E-state index contributed by atoms with van der Waals surface area (Å²) in [5, 5.41) is 12.6. The minimum atomic E-state index is -0.364. The fraction of sp³-hybridized carbons (Fsp3) is 0.350. The van der Waals surface area contributed by atoms with Gasteiger partial charge in [0.25, 0.3) is 5.91 Å². The lowest BCUT2D eigenvalue weighted by molar-refractivity contribution is 0.0730. The van der Waals surface area contributed by atoms with Gasteiger partial charge < -0.3 is 10.4 Å². The largest absolute Gasteiger partial charge is 0.396 e. The van der Waals surface area contributed by atoms with Crippen molar-refractivity contribution < 1.29 is 14.3 Å². The Bertz CT molecular complexity index is 691. The quantitative estimate of drug-likeness (QED) is 0.878. The summed E-state index contributed by atoms with van der Waals surface area (Å²) in [6.45, 7) is 2.45. The SMILES string of the molecule is O=C(NC1CN(Cc2ccccc2)CCC1CO)c1ccc(F)cc1. The van der Waals surface area contributed by atoms with Crippen molar-refractivity contribution in [3.05, 3.63) is 71.5 Å². The van der Waals surface area contributed by atoms with Crippen LogP contribution in [-0.4, -0.2) is 41.7 Å². The van der Waals surface area contributed by atoms with Gasteiger partial charge in [0.1, 0.15) is 5.82 Å². The number of piperidine rings is 1. The zero-order valence-corrected chi connectivity index (χ0v) is 14.1. The van der Waals surface area contributed by atoms with Crippen LogP contribution in [0.3, 0.4) is 0 Å². The van der Waals surface area contributed by atoms with Crippen LogP contribution in [0.15, 0.2) is 54.6 Å². The Morgan fingerprint density at radius 2 is 1.88 bits per heavy atom. The van der Waals surface area contributed by atoms with Gasteiger partial charge in [0, 0.05) is 37.2 Å². The highest BCUT2D eigenvalue weighted by atomic mass is 19.1. The number of halogens is 1. The van der Waals surface area contributed by atoms with E-state index in [1.165, 1.54) is 29.8 Å². The Hall–Kier alpha value is -2.24. The maximum absolute atomic E-state index is 13.0. The summed E-state index contributed by atoms with van der Waals surface area (Å²) in [5.41, 5.74) is 1.66. The maximum Gasteiger partial charge on any atom is 0.251 e. The Labute approximate surface area is 147 Å². The van der Waals surface area contributed by atoms with Gasteiger partial charge in [0.05, 0.1) is 0 Å². The van der Waals surface area contributed by atoms with Crippen LogP contribution in [0.25, 0.3) is 0 Å². The first-order valence-electron chi connectivity index (χ1n) is 8.59. The normalized spacial score (nSPS) is 21.0. The standard InChI is InChI=1S/C20H23FN2O2/c21-18-8-6-16(7-9-18)20(25)22-19-13-23(11-10-17(19)14-24)12-15-4-2-1-3-5-15/h1-9,17,19,24H,10-14H2,(H,22,25). The molecule has 1 saturated heterocycles. The summed E-state index contributed by atoms with van der Waals surface area (Å²) >= 11 is 0. The van der Waals surface area contributed by atoms with Crippen molar-refractivity contribution in [1.29, 1.82) is 0 Å². The van der Waals surface area contributed by atoms with Crippen molar-refractivity contribution in [3.8, 4) is 0 Å². The molecule has 1 heterocycles. The van der Waals surface area contributed by atoms with Gasteiger partial charge in [-0.1, -0.05) is 30.3 Å². The Morgan fingerprint density at radius 3 is 2.56 bits per heavy atom. The number of likely N-dealkylation sites (tertiary alicyclic amines) is 1. The molecule has 25 heavy (non-hydrogen) atoms. The minimum absolute atomic E-state index is 0.0384. The van der Waals surface area contributed by atoms with Crippen molar-refractivity contribution in [3.63, 3.8) is 0 Å². The Kier molecular flexibility index (Phi) is 5.79. The highest BCUT2D eigenvalue weighted by Gasteiger charge is 2.30. The Morgan fingerprint density at radius 1 is 1.16 bits per heavy atom.